The molecule has 1 saturated heterocycles. The number of aliphatic hydroxyl groups excluding tert-OH is 1. The number of nitrogens with two attached hydrogens (primary N) is 1. The van der Waals surface area contributed by atoms with E-state index in [4.69, 9.17) is 42.7 Å². The van der Waals surface area contributed by atoms with Crippen LogP contribution in [0.25, 0.3) is 5.52 Å². The van der Waals surface area contributed by atoms with E-state index in [2.05, 4.69) is 10.1 Å². The highest BCUT2D eigenvalue weighted by Gasteiger charge is 2.56. The third kappa shape index (κ3) is 5.33. The van der Waals surface area contributed by atoms with Gasteiger partial charge in [-0.3, -0.25) is 9.32 Å². The third-order valence-electron chi connectivity index (χ3n) is 5.80. The van der Waals surface area contributed by atoms with Crippen LogP contribution in [0.15, 0.2) is 48.8 Å². The van der Waals surface area contributed by atoms with Crippen molar-refractivity contribution in [3.63, 3.8) is 0 Å². The van der Waals surface area contributed by atoms with Crippen LogP contribution in [0.2, 0.25) is 0 Å². The minimum absolute atomic E-state index is 0.157. The first-order chi connectivity index (χ1) is 16.5. The highest BCUT2D eigenvalue weighted by Crippen LogP contribution is 2.53. The van der Waals surface area contributed by atoms with Crippen LogP contribution in [-0.2, 0) is 18.6 Å². The van der Waals surface area contributed by atoms with E-state index in [1.807, 2.05) is 0 Å². The number of nitrogen functional groups attached to an aromatic ring is 1. The van der Waals surface area contributed by atoms with Gasteiger partial charge in [-0.15, -0.1) is 0 Å². The molecule has 13 heteroatoms. The number of benzene rings is 1. The van der Waals surface area contributed by atoms with Crippen molar-refractivity contribution in [3.8, 4) is 5.75 Å². The van der Waals surface area contributed by atoms with Crippen LogP contribution in [0.5, 0.6) is 5.75 Å². The van der Waals surface area contributed by atoms with E-state index in [9.17, 15) is 14.5 Å². The maximum Gasteiger partial charge on any atom is 0.379 e. The number of para-hydroxylation sites is 1. The molecule has 1 aliphatic heterocycles. The van der Waals surface area contributed by atoms with Crippen LogP contribution < -0.4 is 10.3 Å². The van der Waals surface area contributed by atoms with Crippen LogP contribution in [0.3, 0.4) is 0 Å². The lowest BCUT2D eigenvalue weighted by Gasteiger charge is -2.24. The Balaban J connectivity index is 1.55. The number of hydrogen-bond donors (Lipinski definition) is 2. The van der Waals surface area contributed by atoms with Crippen molar-refractivity contribution in [2.75, 3.05) is 18.5 Å². The van der Waals surface area contributed by atoms with Crippen LogP contribution in [0.1, 0.15) is 25.6 Å². The second kappa shape index (κ2) is 10.0. The van der Waals surface area contributed by atoms with Gasteiger partial charge in [-0.25, -0.2) is 14.1 Å². The topological polar surface area (TPSA) is 138 Å². The molecule has 4 rings (SSSR count). The summed E-state index contributed by atoms with van der Waals surface area (Å²) in [5.74, 6) is -0.176. The smallest absolute Gasteiger partial charge is 0.379 e. The Hall–Kier alpha value is -2.20. The zero-order chi connectivity index (χ0) is 25.4. The number of rotatable bonds is 9. The Morgan fingerprint density at radius 3 is 2.71 bits per heavy atom. The Kier molecular flexibility index (Phi) is 7.43. The fourth-order valence-electron chi connectivity index (χ4n) is 3.72. The summed E-state index contributed by atoms with van der Waals surface area (Å²) >= 11 is 13.0. The molecule has 0 amide bonds. The molecule has 1 aliphatic rings. The summed E-state index contributed by atoms with van der Waals surface area (Å²) in [6, 6.07) is 11.8. The predicted molar refractivity (Wildman–Crippen MR) is 131 cm³/mol. The predicted octanol–water partition coefficient (Wildman–Crippen LogP) is 3.80. The van der Waals surface area contributed by atoms with Crippen LogP contribution in [0.4, 0.5) is 5.82 Å². The number of anilines is 1. The molecule has 0 radical (unpaired) electrons. The van der Waals surface area contributed by atoms with Crippen molar-refractivity contribution in [1.29, 1.82) is 0 Å². The van der Waals surface area contributed by atoms with Gasteiger partial charge in [0.2, 0.25) is 0 Å². The summed E-state index contributed by atoms with van der Waals surface area (Å²) < 4.78 is 30.7. The SMILES string of the molecule is CC(=O)[C@H](C)CP(=O)(OC[C@H]1O[C@@H](c2ccc3c(N)ncnn23)C(Cl)(Cl)[C@H]1O)Oc1ccccc1. The molecule has 188 valence electrons. The minimum atomic E-state index is -3.84. The molecule has 2 aromatic heterocycles. The van der Waals surface area contributed by atoms with Crippen molar-refractivity contribution < 1.29 is 28.3 Å². The van der Waals surface area contributed by atoms with E-state index in [-0.39, 0.29) is 24.4 Å². The van der Waals surface area contributed by atoms with Gasteiger partial charge in [-0.2, -0.15) is 5.10 Å². The number of nitrogens with zero attached hydrogens (tertiary/aromatic N) is 3. The first kappa shape index (κ1) is 25.9. The van der Waals surface area contributed by atoms with Gasteiger partial charge in [0.05, 0.1) is 18.5 Å². The molecule has 3 aromatic rings. The van der Waals surface area contributed by atoms with Crippen LogP contribution in [-0.4, -0.2) is 54.8 Å². The van der Waals surface area contributed by atoms with Gasteiger partial charge in [0.15, 0.2) is 10.2 Å². The van der Waals surface area contributed by atoms with Gasteiger partial charge >= 0.3 is 7.60 Å². The molecule has 0 saturated carbocycles. The first-order valence-corrected chi connectivity index (χ1v) is 13.3. The highest BCUT2D eigenvalue weighted by atomic mass is 35.5. The maximum absolute atomic E-state index is 13.6. The van der Waals surface area contributed by atoms with Gasteiger partial charge in [0.25, 0.3) is 0 Å². The summed E-state index contributed by atoms with van der Waals surface area (Å²) in [7, 11) is -3.84. The largest absolute Gasteiger partial charge is 0.424 e. The molecule has 3 heterocycles. The maximum atomic E-state index is 13.6. The number of halogens is 2. The average Bonchev–Trinajstić information content (AvgIpc) is 3.32. The number of ether oxygens (including phenoxy) is 1. The molecule has 1 aromatic carbocycles. The number of carbonyl (C=O) groups is 1. The van der Waals surface area contributed by atoms with Gasteiger partial charge in [-0.05, 0) is 31.2 Å². The second-order valence-corrected chi connectivity index (χ2v) is 11.9. The van der Waals surface area contributed by atoms with Gasteiger partial charge in [0, 0.05) is 5.92 Å². The van der Waals surface area contributed by atoms with Crippen molar-refractivity contribution in [2.24, 2.45) is 5.92 Å². The van der Waals surface area contributed by atoms with E-state index >= 15 is 0 Å². The number of carbonyl (C=O) groups excluding carboxylic acids is 1. The number of Topliss-reactive ketones (excluding diaryl/α,β-unsaturated/α-hetero) is 1. The molecular weight excluding hydrogens is 518 g/mol. The fraction of sp³-hybridized carbons (Fsp3) is 0.409. The summed E-state index contributed by atoms with van der Waals surface area (Å²) in [5.41, 5.74) is 6.85. The molecule has 10 nitrogen and oxygen atoms in total. The number of hydrogen-bond acceptors (Lipinski definition) is 9. The number of aromatic nitrogens is 3. The molecule has 1 fully saturated rings. The fourth-order valence-corrected chi connectivity index (χ4v) is 6.31. The molecule has 35 heavy (non-hydrogen) atoms. The molecule has 0 spiro atoms. The Labute approximate surface area is 211 Å². The molecule has 3 N–H and O–H groups in total. The summed E-state index contributed by atoms with van der Waals surface area (Å²) in [6.45, 7) is 2.69. The lowest BCUT2D eigenvalue weighted by molar-refractivity contribution is -0.119. The van der Waals surface area contributed by atoms with Crippen molar-refractivity contribution in [2.45, 2.75) is 36.5 Å². The van der Waals surface area contributed by atoms with E-state index in [0.717, 1.165) is 0 Å². The minimum Gasteiger partial charge on any atom is -0.424 e. The number of ketones is 1. The summed E-state index contributed by atoms with van der Waals surface area (Å²) in [6.07, 6.45) is -2.36. The Morgan fingerprint density at radius 1 is 1.31 bits per heavy atom. The zero-order valence-corrected chi connectivity index (χ0v) is 21.4. The van der Waals surface area contributed by atoms with Gasteiger partial charge < -0.3 is 20.1 Å². The Morgan fingerprint density at radius 2 is 2.03 bits per heavy atom. The highest BCUT2D eigenvalue weighted by molar-refractivity contribution is 7.54. The van der Waals surface area contributed by atoms with Crippen molar-refractivity contribution in [1.82, 2.24) is 14.6 Å². The third-order valence-corrected chi connectivity index (χ3v) is 8.67. The lowest BCUT2D eigenvalue weighted by atomic mass is 10.1. The normalized spacial score (nSPS) is 24.2. The lowest BCUT2D eigenvalue weighted by Crippen LogP contribution is -2.37. The van der Waals surface area contributed by atoms with E-state index in [1.54, 1.807) is 49.4 Å². The standard InChI is InChI=1S/C22H25Cl2N4O6P/c1-13(14(2)29)11-35(31,34-15-6-4-3-5-7-15)32-10-18-19(30)22(23,24)20(33-18)16-8-9-17-21(25)26-12-27-28(16)17/h3-9,12-13,18-20,30H,10-11H2,1-2H3,(H2,25,26,27)/t13-,18-,19+,20+,35?/m1/s1. The summed E-state index contributed by atoms with van der Waals surface area (Å²) in [4.78, 5) is 15.8. The summed E-state index contributed by atoms with van der Waals surface area (Å²) in [5, 5.41) is 15.0. The van der Waals surface area contributed by atoms with Crippen molar-refractivity contribution >= 4 is 47.9 Å². The Bertz CT molecular complexity index is 1260. The number of fused-ring (bicyclic) bond motifs is 1. The molecular formula is C22H25Cl2N4O6P. The quantitative estimate of drug-likeness (QED) is 0.305. The molecule has 0 aliphatic carbocycles. The van der Waals surface area contributed by atoms with Crippen LogP contribution >= 0.6 is 30.8 Å². The molecule has 0 bridgehead atoms. The number of aliphatic hydroxyl groups is 1. The van der Waals surface area contributed by atoms with E-state index in [0.29, 0.717) is 17.0 Å². The van der Waals surface area contributed by atoms with E-state index < -0.39 is 36.2 Å². The first-order valence-electron chi connectivity index (χ1n) is 10.8. The van der Waals surface area contributed by atoms with Gasteiger partial charge in [0.1, 0.15) is 41.7 Å². The number of alkyl halides is 2. The average molecular weight is 543 g/mol. The monoisotopic (exact) mass is 542 g/mol. The van der Waals surface area contributed by atoms with E-state index in [1.165, 1.54) is 17.8 Å². The zero-order valence-electron chi connectivity index (χ0n) is 19.0. The van der Waals surface area contributed by atoms with Crippen molar-refractivity contribution in [3.05, 3.63) is 54.5 Å². The molecule has 5 atom stereocenters. The van der Waals surface area contributed by atoms with Gasteiger partial charge in [-0.1, -0.05) is 48.3 Å². The molecule has 1 unspecified atom stereocenters. The van der Waals surface area contributed by atoms with Crippen LogP contribution in [0, 0.1) is 5.92 Å². The second-order valence-electron chi connectivity index (χ2n) is 8.38.